The van der Waals surface area contributed by atoms with E-state index in [9.17, 15) is 4.79 Å². The van der Waals surface area contributed by atoms with Gasteiger partial charge in [0.15, 0.2) is 0 Å². The molecule has 5 nitrogen and oxygen atoms in total. The van der Waals surface area contributed by atoms with Crippen molar-refractivity contribution < 1.29 is 4.79 Å². The lowest BCUT2D eigenvalue weighted by Gasteiger charge is -2.27. The Balaban J connectivity index is 1.89. The van der Waals surface area contributed by atoms with Crippen molar-refractivity contribution in [3.63, 3.8) is 0 Å². The molecule has 0 radical (unpaired) electrons. The van der Waals surface area contributed by atoms with Gasteiger partial charge < -0.3 is 5.73 Å². The summed E-state index contributed by atoms with van der Waals surface area (Å²) < 4.78 is 0. The highest BCUT2D eigenvalue weighted by Gasteiger charge is 2.33. The number of carbonyl (C=O) groups excluding carboxylic acids is 1. The van der Waals surface area contributed by atoms with Crippen molar-refractivity contribution in [2.24, 2.45) is 11.0 Å². The molecule has 2 aromatic rings. The lowest BCUT2D eigenvalue weighted by molar-refractivity contribution is 0.209. The van der Waals surface area contributed by atoms with Crippen LogP contribution in [0.3, 0.4) is 0 Å². The molecule has 1 fully saturated rings. The Hall–Kier alpha value is -2.82. The van der Waals surface area contributed by atoms with Gasteiger partial charge in [0.05, 0.1) is 17.1 Å². The zero-order chi connectivity index (χ0) is 20.4. The molecule has 0 spiro atoms. The summed E-state index contributed by atoms with van der Waals surface area (Å²) in [5, 5.41) is 6.63. The molecule has 1 heterocycles. The Bertz CT molecular complexity index is 913. The Labute approximate surface area is 173 Å². The average molecular weight is 391 g/mol. The summed E-state index contributed by atoms with van der Waals surface area (Å²) in [5.74, 6) is 0.406. The highest BCUT2D eigenvalue weighted by Crippen LogP contribution is 2.38. The predicted molar refractivity (Wildman–Crippen MR) is 120 cm³/mol. The van der Waals surface area contributed by atoms with Crippen LogP contribution in [0.25, 0.3) is 0 Å². The average Bonchev–Trinajstić information content (AvgIpc) is 2.84. The van der Waals surface area contributed by atoms with Crippen LogP contribution in [0.5, 0.6) is 0 Å². The number of hydrazone groups is 1. The summed E-state index contributed by atoms with van der Waals surface area (Å²) in [6.07, 6.45) is 6.89. The molecule has 0 saturated heterocycles. The minimum atomic E-state index is -0.103. The first-order chi connectivity index (χ1) is 14.1. The van der Waals surface area contributed by atoms with Gasteiger partial charge >= 0.3 is 6.03 Å². The second kappa shape index (κ2) is 8.27. The molecule has 1 saturated carbocycles. The number of urea groups is 1. The van der Waals surface area contributed by atoms with E-state index < -0.39 is 0 Å². The van der Waals surface area contributed by atoms with Crippen LogP contribution in [0, 0.1) is 12.8 Å². The Morgan fingerprint density at radius 2 is 1.79 bits per heavy atom. The van der Waals surface area contributed by atoms with Gasteiger partial charge in [0.1, 0.15) is 0 Å². The van der Waals surface area contributed by atoms with Crippen molar-refractivity contribution in [2.75, 3.05) is 17.2 Å². The Morgan fingerprint density at radius 1 is 1.07 bits per heavy atom. The second-order valence-corrected chi connectivity index (χ2v) is 8.17. The standard InChI is InChI=1S/C24H30N4O/c1-3-15-27-24(29)28(20-12-10-19(25)11-13-20)22-16-17(2)9-14-21(22)23(26-27)18-7-5-4-6-8-18/h9-14,16,18H,3-8,15,25H2,1-2H3. The first kappa shape index (κ1) is 19.5. The lowest BCUT2D eigenvalue weighted by atomic mass is 9.82. The number of carbonyl (C=O) groups is 1. The number of aryl methyl sites for hydroxylation is 1. The third-order valence-electron chi connectivity index (χ3n) is 5.89. The molecule has 1 aliphatic carbocycles. The van der Waals surface area contributed by atoms with E-state index in [1.165, 1.54) is 19.3 Å². The molecule has 5 heteroatoms. The predicted octanol–water partition coefficient (Wildman–Crippen LogP) is 5.85. The molecule has 0 atom stereocenters. The van der Waals surface area contributed by atoms with E-state index in [0.29, 0.717) is 18.2 Å². The first-order valence-corrected chi connectivity index (χ1v) is 10.7. The number of nitrogen functional groups attached to an aromatic ring is 1. The molecular weight excluding hydrogens is 360 g/mol. The topological polar surface area (TPSA) is 61.9 Å². The van der Waals surface area contributed by atoms with Crippen molar-refractivity contribution in [3.05, 3.63) is 53.6 Å². The number of anilines is 3. The summed E-state index contributed by atoms with van der Waals surface area (Å²) in [6.45, 7) is 4.75. The molecule has 152 valence electrons. The van der Waals surface area contributed by atoms with Gasteiger partial charge in [-0.05, 0) is 62.1 Å². The number of fused-ring (bicyclic) bond motifs is 1. The van der Waals surface area contributed by atoms with Gasteiger partial charge in [-0.15, -0.1) is 0 Å². The highest BCUT2D eigenvalue weighted by molar-refractivity contribution is 6.14. The quantitative estimate of drug-likeness (QED) is 0.666. The Morgan fingerprint density at radius 3 is 2.48 bits per heavy atom. The Kier molecular flexibility index (Phi) is 5.56. The maximum absolute atomic E-state index is 13.6. The third-order valence-corrected chi connectivity index (χ3v) is 5.89. The molecule has 2 N–H and O–H groups in total. The van der Waals surface area contributed by atoms with Gasteiger partial charge in [-0.25, -0.2) is 9.80 Å². The monoisotopic (exact) mass is 390 g/mol. The summed E-state index contributed by atoms with van der Waals surface area (Å²) in [5.41, 5.74) is 11.6. The minimum Gasteiger partial charge on any atom is -0.399 e. The van der Waals surface area contributed by atoms with E-state index in [2.05, 4.69) is 32.0 Å². The lowest BCUT2D eigenvalue weighted by Crippen LogP contribution is -2.37. The van der Waals surface area contributed by atoms with E-state index in [0.717, 1.165) is 47.5 Å². The maximum atomic E-state index is 13.6. The maximum Gasteiger partial charge on any atom is 0.349 e. The van der Waals surface area contributed by atoms with Crippen LogP contribution >= 0.6 is 0 Å². The third kappa shape index (κ3) is 3.86. The summed E-state index contributed by atoms with van der Waals surface area (Å²) >= 11 is 0. The van der Waals surface area contributed by atoms with Crippen LogP contribution in [0.4, 0.5) is 21.9 Å². The van der Waals surface area contributed by atoms with Crippen molar-refractivity contribution in [3.8, 4) is 0 Å². The zero-order valence-electron chi connectivity index (χ0n) is 17.4. The fourth-order valence-corrected chi connectivity index (χ4v) is 4.40. The number of amides is 2. The molecule has 1 aliphatic heterocycles. The van der Waals surface area contributed by atoms with Crippen LogP contribution in [0.15, 0.2) is 47.6 Å². The molecule has 2 aromatic carbocycles. The van der Waals surface area contributed by atoms with Gasteiger partial charge in [-0.2, -0.15) is 5.10 Å². The summed E-state index contributed by atoms with van der Waals surface area (Å²) in [6, 6.07) is 13.8. The number of hydrogen-bond donors (Lipinski definition) is 1. The van der Waals surface area contributed by atoms with E-state index in [-0.39, 0.29) is 6.03 Å². The normalized spacial score (nSPS) is 17.7. The van der Waals surface area contributed by atoms with E-state index in [4.69, 9.17) is 10.8 Å². The summed E-state index contributed by atoms with van der Waals surface area (Å²) in [4.78, 5) is 15.4. The zero-order valence-corrected chi connectivity index (χ0v) is 17.4. The van der Waals surface area contributed by atoms with E-state index >= 15 is 0 Å². The fraction of sp³-hybridized carbons (Fsp3) is 0.417. The van der Waals surface area contributed by atoms with Gasteiger partial charge in [0.2, 0.25) is 0 Å². The second-order valence-electron chi connectivity index (χ2n) is 8.17. The molecule has 2 aliphatic rings. The molecule has 29 heavy (non-hydrogen) atoms. The van der Waals surface area contributed by atoms with Gasteiger partial charge in [-0.1, -0.05) is 38.3 Å². The van der Waals surface area contributed by atoms with Crippen molar-refractivity contribution in [1.82, 2.24) is 5.01 Å². The molecular formula is C24H30N4O. The molecule has 4 rings (SSSR count). The van der Waals surface area contributed by atoms with Crippen LogP contribution in [-0.4, -0.2) is 23.3 Å². The number of hydrogen-bond acceptors (Lipinski definition) is 3. The van der Waals surface area contributed by atoms with Crippen LogP contribution in [0.1, 0.15) is 56.6 Å². The minimum absolute atomic E-state index is 0.103. The molecule has 0 unspecified atom stereocenters. The van der Waals surface area contributed by atoms with Gasteiger partial charge in [-0.3, -0.25) is 4.90 Å². The van der Waals surface area contributed by atoms with Crippen molar-refractivity contribution in [2.45, 2.75) is 52.4 Å². The largest absolute Gasteiger partial charge is 0.399 e. The fourth-order valence-electron chi connectivity index (χ4n) is 4.40. The van der Waals surface area contributed by atoms with E-state index in [1.807, 2.05) is 24.3 Å². The van der Waals surface area contributed by atoms with Gasteiger partial charge in [0.25, 0.3) is 0 Å². The molecule has 0 aromatic heterocycles. The van der Waals surface area contributed by atoms with Crippen molar-refractivity contribution in [1.29, 1.82) is 0 Å². The smallest absolute Gasteiger partial charge is 0.349 e. The SMILES string of the molecule is CCCN1N=C(C2CCCCC2)c2ccc(C)cc2N(c2ccc(N)cc2)C1=O. The van der Waals surface area contributed by atoms with Gasteiger partial charge in [0, 0.05) is 23.7 Å². The number of rotatable bonds is 4. The number of benzene rings is 2. The molecule has 0 bridgehead atoms. The van der Waals surface area contributed by atoms with Crippen molar-refractivity contribution >= 4 is 28.8 Å². The number of nitrogens with zero attached hydrogens (tertiary/aromatic N) is 3. The highest BCUT2D eigenvalue weighted by atomic mass is 16.2. The number of nitrogens with two attached hydrogens (primary N) is 1. The van der Waals surface area contributed by atoms with Crippen LogP contribution in [-0.2, 0) is 0 Å². The first-order valence-electron chi connectivity index (χ1n) is 10.7. The van der Waals surface area contributed by atoms with E-state index in [1.54, 1.807) is 9.91 Å². The van der Waals surface area contributed by atoms with Crippen LogP contribution < -0.4 is 10.6 Å². The van der Waals surface area contributed by atoms with Crippen LogP contribution in [0.2, 0.25) is 0 Å². The summed E-state index contributed by atoms with van der Waals surface area (Å²) in [7, 11) is 0. The molecule has 2 amide bonds.